The van der Waals surface area contributed by atoms with Crippen molar-refractivity contribution in [3.63, 3.8) is 0 Å². The van der Waals surface area contributed by atoms with E-state index in [1.165, 1.54) is 4.31 Å². The van der Waals surface area contributed by atoms with Gasteiger partial charge in [-0.25, -0.2) is 13.8 Å². The maximum absolute atomic E-state index is 12.3. The van der Waals surface area contributed by atoms with Crippen LogP contribution in [0.15, 0.2) is 59.7 Å². The van der Waals surface area contributed by atoms with Crippen LogP contribution < -0.4 is 9.73 Å². The van der Waals surface area contributed by atoms with Gasteiger partial charge in [-0.15, -0.1) is 0 Å². The lowest BCUT2D eigenvalue weighted by Gasteiger charge is -2.28. The van der Waals surface area contributed by atoms with Crippen molar-refractivity contribution in [2.24, 2.45) is 5.10 Å². The van der Waals surface area contributed by atoms with Crippen LogP contribution in [-0.2, 0) is 14.8 Å². The van der Waals surface area contributed by atoms with E-state index < -0.39 is 15.9 Å². The van der Waals surface area contributed by atoms with Crippen LogP contribution in [0.25, 0.3) is 0 Å². The predicted molar refractivity (Wildman–Crippen MR) is 107 cm³/mol. The third kappa shape index (κ3) is 4.56. The van der Waals surface area contributed by atoms with Gasteiger partial charge in [-0.05, 0) is 25.0 Å². The third-order valence-electron chi connectivity index (χ3n) is 4.36. The Morgan fingerprint density at radius 2 is 1.75 bits per heavy atom. The highest BCUT2D eigenvalue weighted by molar-refractivity contribution is 7.92. The minimum Gasteiger partial charge on any atom is -0.272 e. The largest absolute Gasteiger partial charge is 0.272 e. The van der Waals surface area contributed by atoms with Gasteiger partial charge in [0.05, 0.1) is 23.2 Å². The van der Waals surface area contributed by atoms with Crippen LogP contribution in [0.5, 0.6) is 0 Å². The third-order valence-corrected chi connectivity index (χ3v) is 6.23. The van der Waals surface area contributed by atoms with Crippen LogP contribution in [0.1, 0.15) is 30.4 Å². The molecule has 1 aliphatic heterocycles. The number of hydrogen-bond acceptors (Lipinski definition) is 5. The molecule has 144 valence electrons. The summed E-state index contributed by atoms with van der Waals surface area (Å²) in [6, 6.07) is 18.1. The second-order valence-electron chi connectivity index (χ2n) is 6.34. The summed E-state index contributed by atoms with van der Waals surface area (Å²) in [5.41, 5.74) is 5.05. The molecule has 0 radical (unpaired) electrons. The van der Waals surface area contributed by atoms with Crippen LogP contribution in [0, 0.1) is 11.3 Å². The van der Waals surface area contributed by atoms with E-state index in [0.29, 0.717) is 24.4 Å². The van der Waals surface area contributed by atoms with Crippen LogP contribution in [-0.4, -0.2) is 32.3 Å². The number of nitrogens with one attached hydrogen (secondary N) is 1. The Morgan fingerprint density at radius 3 is 2.39 bits per heavy atom. The summed E-state index contributed by atoms with van der Waals surface area (Å²) >= 11 is 0. The van der Waals surface area contributed by atoms with E-state index in [1.54, 1.807) is 30.3 Å². The van der Waals surface area contributed by atoms with Gasteiger partial charge >= 0.3 is 0 Å². The second kappa shape index (κ2) is 8.67. The lowest BCUT2D eigenvalue weighted by molar-refractivity contribution is -0.120. The zero-order valence-corrected chi connectivity index (χ0v) is 16.0. The van der Waals surface area contributed by atoms with Gasteiger partial charge in [-0.3, -0.25) is 9.10 Å². The molecule has 0 aliphatic carbocycles. The Hall–Kier alpha value is -3.18. The standard InChI is InChI=1S/C20H20N4O3S/c21-13-12-19(25)22-23-20(16-6-2-1-3-7-16)17-8-10-18(11-9-17)24-14-4-5-15-28(24,26)27/h1-3,6-11H,4-5,12,14-15H2,(H,22,25)/b23-20-. The Kier molecular flexibility index (Phi) is 6.06. The van der Waals surface area contributed by atoms with Crippen molar-refractivity contribution in [1.82, 2.24) is 5.43 Å². The van der Waals surface area contributed by atoms with E-state index >= 15 is 0 Å². The summed E-state index contributed by atoms with van der Waals surface area (Å²) in [7, 11) is -3.27. The number of rotatable bonds is 5. The molecule has 1 saturated heterocycles. The summed E-state index contributed by atoms with van der Waals surface area (Å²) in [5, 5.41) is 12.8. The average Bonchev–Trinajstić information content (AvgIpc) is 2.69. The first-order valence-electron chi connectivity index (χ1n) is 8.91. The van der Waals surface area contributed by atoms with E-state index in [9.17, 15) is 13.2 Å². The van der Waals surface area contributed by atoms with Gasteiger partial charge in [0.25, 0.3) is 5.91 Å². The fourth-order valence-electron chi connectivity index (χ4n) is 2.99. The van der Waals surface area contributed by atoms with Gasteiger partial charge in [0.2, 0.25) is 10.0 Å². The molecule has 2 aromatic carbocycles. The van der Waals surface area contributed by atoms with Crippen molar-refractivity contribution in [3.05, 3.63) is 65.7 Å². The molecule has 1 amide bonds. The summed E-state index contributed by atoms with van der Waals surface area (Å²) in [4.78, 5) is 11.6. The molecule has 1 fully saturated rings. The fourth-order valence-corrected chi connectivity index (χ4v) is 4.63. The normalized spacial score (nSPS) is 16.2. The molecule has 1 heterocycles. The quantitative estimate of drug-likeness (QED) is 0.619. The molecule has 2 aromatic rings. The highest BCUT2D eigenvalue weighted by Gasteiger charge is 2.26. The first kappa shape index (κ1) is 19.6. The molecular weight excluding hydrogens is 376 g/mol. The number of amides is 1. The number of nitriles is 1. The van der Waals surface area contributed by atoms with E-state index in [-0.39, 0.29) is 12.2 Å². The number of hydrazone groups is 1. The summed E-state index contributed by atoms with van der Waals surface area (Å²) in [6.45, 7) is 0.478. The Balaban J connectivity index is 1.91. The number of nitrogens with zero attached hydrogens (tertiary/aromatic N) is 3. The lowest BCUT2D eigenvalue weighted by Crippen LogP contribution is -2.37. The SMILES string of the molecule is N#CCC(=O)N/N=C(/c1ccccc1)c1ccc(N2CCCCS2(=O)=O)cc1. The van der Waals surface area contributed by atoms with Gasteiger partial charge in [0.1, 0.15) is 6.42 Å². The molecule has 8 heteroatoms. The van der Waals surface area contributed by atoms with Crippen molar-refractivity contribution in [1.29, 1.82) is 5.26 Å². The molecule has 3 rings (SSSR count). The molecule has 0 unspecified atom stereocenters. The van der Waals surface area contributed by atoms with E-state index in [0.717, 1.165) is 17.5 Å². The van der Waals surface area contributed by atoms with Crippen LogP contribution >= 0.6 is 0 Å². The van der Waals surface area contributed by atoms with Gasteiger partial charge in [-0.2, -0.15) is 10.4 Å². The molecule has 1 N–H and O–H groups in total. The number of carbonyl (C=O) groups excluding carboxylic acids is 1. The second-order valence-corrected chi connectivity index (χ2v) is 8.35. The molecule has 0 spiro atoms. The molecule has 0 saturated carbocycles. The van der Waals surface area contributed by atoms with E-state index in [4.69, 9.17) is 5.26 Å². The highest BCUT2D eigenvalue weighted by atomic mass is 32.2. The molecule has 28 heavy (non-hydrogen) atoms. The van der Waals surface area contributed by atoms with Crippen LogP contribution in [0.3, 0.4) is 0 Å². The minimum atomic E-state index is -3.27. The van der Waals surface area contributed by atoms with Crippen LogP contribution in [0.2, 0.25) is 0 Å². The zero-order chi connectivity index (χ0) is 20.0. The number of hydrogen-bond donors (Lipinski definition) is 1. The molecule has 7 nitrogen and oxygen atoms in total. The zero-order valence-electron chi connectivity index (χ0n) is 15.2. The van der Waals surface area contributed by atoms with E-state index in [2.05, 4.69) is 10.5 Å². The number of benzene rings is 2. The van der Waals surface area contributed by atoms with Crippen molar-refractivity contribution >= 4 is 27.3 Å². The predicted octanol–water partition coefficient (Wildman–Crippen LogP) is 2.40. The fraction of sp³-hybridized carbons (Fsp3) is 0.250. The minimum absolute atomic E-state index is 0.163. The Labute approximate surface area is 164 Å². The van der Waals surface area contributed by atoms with Gasteiger partial charge in [-0.1, -0.05) is 42.5 Å². The maximum atomic E-state index is 12.3. The van der Waals surface area contributed by atoms with Crippen molar-refractivity contribution in [2.75, 3.05) is 16.6 Å². The molecule has 0 atom stereocenters. The number of anilines is 1. The Morgan fingerprint density at radius 1 is 1.07 bits per heavy atom. The smallest absolute Gasteiger partial charge is 0.254 e. The molecule has 1 aliphatic rings. The topological polar surface area (TPSA) is 103 Å². The van der Waals surface area contributed by atoms with Gasteiger partial charge in [0.15, 0.2) is 0 Å². The first-order valence-corrected chi connectivity index (χ1v) is 10.5. The summed E-state index contributed by atoms with van der Waals surface area (Å²) < 4.78 is 26.0. The van der Waals surface area contributed by atoms with Gasteiger partial charge in [0, 0.05) is 17.7 Å². The van der Waals surface area contributed by atoms with E-state index in [1.807, 2.05) is 30.3 Å². The molecule has 0 bridgehead atoms. The summed E-state index contributed by atoms with van der Waals surface area (Å²) in [5.74, 6) is -0.330. The highest BCUT2D eigenvalue weighted by Crippen LogP contribution is 2.24. The van der Waals surface area contributed by atoms with Crippen molar-refractivity contribution in [3.8, 4) is 6.07 Å². The van der Waals surface area contributed by atoms with Gasteiger partial charge < -0.3 is 0 Å². The molecular formula is C20H20N4O3S. The van der Waals surface area contributed by atoms with Crippen LogP contribution in [0.4, 0.5) is 5.69 Å². The average molecular weight is 396 g/mol. The number of carbonyl (C=O) groups is 1. The monoisotopic (exact) mass is 396 g/mol. The first-order chi connectivity index (χ1) is 13.5. The van der Waals surface area contributed by atoms with Crippen molar-refractivity contribution < 1.29 is 13.2 Å². The van der Waals surface area contributed by atoms with Crippen molar-refractivity contribution in [2.45, 2.75) is 19.3 Å². The maximum Gasteiger partial charge on any atom is 0.254 e. The molecule has 0 aromatic heterocycles. The number of sulfonamides is 1. The summed E-state index contributed by atoms with van der Waals surface area (Å²) in [6.07, 6.45) is 1.24. The Bertz CT molecular complexity index is 1010. The lowest BCUT2D eigenvalue weighted by atomic mass is 10.0.